The van der Waals surface area contributed by atoms with E-state index in [0.29, 0.717) is 16.9 Å². The predicted molar refractivity (Wildman–Crippen MR) is 111 cm³/mol. The molecule has 0 aromatic heterocycles. The summed E-state index contributed by atoms with van der Waals surface area (Å²) in [5.41, 5.74) is 3.10. The Hall–Kier alpha value is -3.43. The van der Waals surface area contributed by atoms with Crippen molar-refractivity contribution >= 4 is 21.7 Å². The maximum Gasteiger partial charge on any atom is 0.263 e. The van der Waals surface area contributed by atoms with Gasteiger partial charge < -0.3 is 9.64 Å². The second kappa shape index (κ2) is 9.38. The Bertz CT molecular complexity index is 1080. The standard InChI is InChI=1S/C21H21N3O5S/c1-29-18-9-11-19(12-10-18)30(27,28)23-22-21(26)17-8-5-13-24(14-17)15-20(25)16-6-3-2-4-7-16/h2-13,23H,14-15H2,1H3,(H,22,26). The van der Waals surface area contributed by atoms with Crippen molar-refractivity contribution in [3.05, 3.63) is 84.1 Å². The number of hydrogen-bond acceptors (Lipinski definition) is 6. The van der Waals surface area contributed by atoms with Crippen LogP contribution in [0.3, 0.4) is 0 Å². The van der Waals surface area contributed by atoms with Gasteiger partial charge in [-0.15, -0.1) is 4.83 Å². The van der Waals surface area contributed by atoms with Crippen molar-refractivity contribution in [3.8, 4) is 5.75 Å². The fourth-order valence-electron chi connectivity index (χ4n) is 2.77. The minimum Gasteiger partial charge on any atom is -0.497 e. The van der Waals surface area contributed by atoms with E-state index in [4.69, 9.17) is 4.74 Å². The van der Waals surface area contributed by atoms with Gasteiger partial charge in [0.05, 0.1) is 18.6 Å². The van der Waals surface area contributed by atoms with Gasteiger partial charge in [0.25, 0.3) is 15.9 Å². The minimum absolute atomic E-state index is 0.0174. The number of amides is 1. The first-order valence-electron chi connectivity index (χ1n) is 9.05. The van der Waals surface area contributed by atoms with Crippen LogP contribution in [0.2, 0.25) is 0 Å². The molecule has 3 rings (SSSR count). The molecule has 2 aromatic rings. The molecule has 0 spiro atoms. The van der Waals surface area contributed by atoms with Crippen molar-refractivity contribution in [2.75, 3.05) is 20.2 Å². The first kappa shape index (κ1) is 21.3. The minimum atomic E-state index is -3.94. The van der Waals surface area contributed by atoms with Crippen LogP contribution in [0.5, 0.6) is 5.75 Å². The van der Waals surface area contributed by atoms with E-state index in [1.807, 2.05) is 6.07 Å². The first-order chi connectivity index (χ1) is 14.4. The van der Waals surface area contributed by atoms with E-state index in [1.165, 1.54) is 31.4 Å². The summed E-state index contributed by atoms with van der Waals surface area (Å²) in [5.74, 6) is -0.169. The van der Waals surface area contributed by atoms with Gasteiger partial charge in [0.2, 0.25) is 0 Å². The number of carbonyl (C=O) groups excluding carboxylic acids is 2. The Labute approximate surface area is 174 Å². The molecule has 1 amide bonds. The first-order valence-corrected chi connectivity index (χ1v) is 10.5. The number of ketones is 1. The average molecular weight is 427 g/mol. The fraction of sp³-hybridized carbons (Fsp3) is 0.143. The third-order valence-electron chi connectivity index (χ3n) is 4.37. The monoisotopic (exact) mass is 427 g/mol. The molecule has 30 heavy (non-hydrogen) atoms. The summed E-state index contributed by atoms with van der Waals surface area (Å²) >= 11 is 0. The van der Waals surface area contributed by atoms with Gasteiger partial charge in [-0.3, -0.25) is 15.0 Å². The molecular weight excluding hydrogens is 406 g/mol. The van der Waals surface area contributed by atoms with Crippen LogP contribution in [0, 0.1) is 0 Å². The highest BCUT2D eigenvalue weighted by molar-refractivity contribution is 7.89. The number of nitrogens with one attached hydrogen (secondary N) is 2. The number of carbonyl (C=O) groups is 2. The Balaban J connectivity index is 1.57. The van der Waals surface area contributed by atoms with Crippen molar-refractivity contribution in [3.63, 3.8) is 0 Å². The van der Waals surface area contributed by atoms with Gasteiger partial charge in [-0.05, 0) is 36.5 Å². The summed E-state index contributed by atoms with van der Waals surface area (Å²) in [6.45, 7) is 0.272. The van der Waals surface area contributed by atoms with Gasteiger partial charge in [0, 0.05) is 17.7 Å². The number of hydrazine groups is 1. The maximum absolute atomic E-state index is 12.4. The molecule has 0 atom stereocenters. The number of ether oxygens (including phenoxy) is 1. The van der Waals surface area contributed by atoms with Crippen molar-refractivity contribution in [2.45, 2.75) is 4.90 Å². The van der Waals surface area contributed by atoms with Crippen LogP contribution in [-0.4, -0.2) is 45.2 Å². The SMILES string of the molecule is COc1ccc(S(=O)(=O)NNC(=O)C2=CC=CN(CC(=O)c3ccccc3)C2)cc1. The molecule has 1 aliphatic rings. The number of Topliss-reactive ketones (excluding diaryl/α,β-unsaturated/α-hetero) is 1. The molecule has 8 nitrogen and oxygen atoms in total. The summed E-state index contributed by atoms with van der Waals surface area (Å²) in [6.07, 6.45) is 4.91. The van der Waals surface area contributed by atoms with Gasteiger partial charge in [-0.2, -0.15) is 0 Å². The number of benzene rings is 2. The molecule has 0 radical (unpaired) electrons. The van der Waals surface area contributed by atoms with E-state index in [9.17, 15) is 18.0 Å². The summed E-state index contributed by atoms with van der Waals surface area (Å²) in [4.78, 5) is 28.5. The van der Waals surface area contributed by atoms with E-state index < -0.39 is 15.9 Å². The highest BCUT2D eigenvalue weighted by Gasteiger charge is 2.20. The summed E-state index contributed by atoms with van der Waals surface area (Å²) < 4.78 is 29.7. The van der Waals surface area contributed by atoms with Crippen molar-refractivity contribution in [1.29, 1.82) is 0 Å². The zero-order valence-electron chi connectivity index (χ0n) is 16.2. The highest BCUT2D eigenvalue weighted by atomic mass is 32.2. The normalized spacial score (nSPS) is 13.5. The third kappa shape index (κ3) is 5.34. The molecule has 0 saturated heterocycles. The zero-order valence-corrected chi connectivity index (χ0v) is 17.1. The quantitative estimate of drug-likeness (QED) is 0.490. The van der Waals surface area contributed by atoms with Gasteiger partial charge in [-0.25, -0.2) is 8.42 Å². The molecule has 0 fully saturated rings. The van der Waals surface area contributed by atoms with E-state index >= 15 is 0 Å². The summed E-state index contributed by atoms with van der Waals surface area (Å²) in [7, 11) is -2.46. The lowest BCUT2D eigenvalue weighted by Crippen LogP contribution is -2.44. The molecule has 0 saturated carbocycles. The molecule has 1 aliphatic heterocycles. The predicted octanol–water partition coefficient (Wildman–Crippen LogP) is 1.64. The summed E-state index contributed by atoms with van der Waals surface area (Å²) in [6, 6.07) is 14.6. The van der Waals surface area contributed by atoms with Gasteiger partial charge in [0.1, 0.15) is 5.75 Å². The Morgan fingerprint density at radius 3 is 2.43 bits per heavy atom. The Kier molecular flexibility index (Phi) is 6.65. The molecule has 0 aliphatic carbocycles. The number of hydrogen-bond donors (Lipinski definition) is 2. The van der Waals surface area contributed by atoms with Crippen molar-refractivity contribution in [1.82, 2.24) is 15.2 Å². The van der Waals surface area contributed by atoms with Gasteiger partial charge >= 0.3 is 0 Å². The number of methoxy groups -OCH3 is 1. The Morgan fingerprint density at radius 2 is 1.77 bits per heavy atom. The molecule has 0 unspecified atom stereocenters. The van der Waals surface area contributed by atoms with Crippen LogP contribution in [0.1, 0.15) is 10.4 Å². The van der Waals surface area contributed by atoms with Crippen molar-refractivity contribution in [2.24, 2.45) is 0 Å². The molecule has 2 aromatic carbocycles. The maximum atomic E-state index is 12.4. The number of allylic oxidation sites excluding steroid dienone is 2. The zero-order chi connectivity index (χ0) is 21.6. The van der Waals surface area contributed by atoms with Crippen LogP contribution < -0.4 is 15.0 Å². The van der Waals surface area contributed by atoms with E-state index in [1.54, 1.807) is 47.5 Å². The molecule has 156 valence electrons. The lowest BCUT2D eigenvalue weighted by molar-refractivity contribution is -0.118. The average Bonchev–Trinajstić information content (AvgIpc) is 2.78. The second-order valence-electron chi connectivity index (χ2n) is 6.46. The molecule has 0 bridgehead atoms. The molecule has 2 N–H and O–H groups in total. The van der Waals surface area contributed by atoms with Gasteiger partial charge in [-0.1, -0.05) is 36.4 Å². The van der Waals surface area contributed by atoms with Crippen LogP contribution in [0.25, 0.3) is 0 Å². The Morgan fingerprint density at radius 1 is 1.07 bits per heavy atom. The van der Waals surface area contributed by atoms with Crippen LogP contribution in [0.15, 0.2) is 83.4 Å². The van der Waals surface area contributed by atoms with Crippen LogP contribution in [-0.2, 0) is 14.8 Å². The smallest absolute Gasteiger partial charge is 0.263 e. The molecule has 1 heterocycles. The van der Waals surface area contributed by atoms with E-state index in [2.05, 4.69) is 10.3 Å². The third-order valence-corrected chi connectivity index (χ3v) is 5.63. The molecular formula is C21H21N3O5S. The number of sulfonamides is 1. The topological polar surface area (TPSA) is 105 Å². The largest absolute Gasteiger partial charge is 0.497 e. The van der Waals surface area contributed by atoms with E-state index in [-0.39, 0.29) is 23.8 Å². The highest BCUT2D eigenvalue weighted by Crippen LogP contribution is 2.15. The summed E-state index contributed by atoms with van der Waals surface area (Å²) in [5, 5.41) is 0. The van der Waals surface area contributed by atoms with E-state index in [0.717, 1.165) is 0 Å². The lowest BCUT2D eigenvalue weighted by atomic mass is 10.1. The lowest BCUT2D eigenvalue weighted by Gasteiger charge is -2.23. The second-order valence-corrected chi connectivity index (χ2v) is 8.15. The number of nitrogens with zero attached hydrogens (tertiary/aromatic N) is 1. The van der Waals surface area contributed by atoms with Crippen molar-refractivity contribution < 1.29 is 22.7 Å². The fourth-order valence-corrected chi connectivity index (χ4v) is 3.61. The van der Waals surface area contributed by atoms with Crippen LogP contribution in [0.4, 0.5) is 0 Å². The molecule has 9 heteroatoms. The van der Waals surface area contributed by atoms with Crippen LogP contribution >= 0.6 is 0 Å². The number of rotatable bonds is 8. The van der Waals surface area contributed by atoms with Gasteiger partial charge in [0.15, 0.2) is 5.78 Å².